The number of rotatable bonds is 6. The maximum Gasteiger partial charge on any atom is 0.227 e. The number of furan rings is 1. The van der Waals surface area contributed by atoms with E-state index in [0.717, 1.165) is 10.6 Å². The van der Waals surface area contributed by atoms with Crippen LogP contribution in [0.2, 0.25) is 0 Å². The largest absolute Gasteiger partial charge is 0.467 e. The number of nitrogens with one attached hydrogen (secondary N) is 1. The van der Waals surface area contributed by atoms with Gasteiger partial charge in [-0.3, -0.25) is 4.79 Å². The van der Waals surface area contributed by atoms with Gasteiger partial charge in [-0.2, -0.15) is 4.98 Å². The average molecular weight is 317 g/mol. The van der Waals surface area contributed by atoms with Gasteiger partial charge < -0.3 is 14.3 Å². The lowest BCUT2D eigenvalue weighted by Gasteiger charge is -2.10. The number of hydrogen-bond acceptors (Lipinski definition) is 6. The second-order valence-electron chi connectivity index (χ2n) is 4.79. The van der Waals surface area contributed by atoms with Gasteiger partial charge in [-0.15, -0.1) is 11.3 Å². The SMILES string of the molecule is C[C@@H](NC(=O)CCc1nc(-c2cccs2)no1)c1ccco1. The minimum Gasteiger partial charge on any atom is -0.467 e. The van der Waals surface area contributed by atoms with E-state index in [4.69, 9.17) is 8.94 Å². The Hall–Kier alpha value is -2.41. The predicted molar refractivity (Wildman–Crippen MR) is 81.2 cm³/mol. The molecule has 6 nitrogen and oxygen atoms in total. The highest BCUT2D eigenvalue weighted by molar-refractivity contribution is 7.13. The lowest BCUT2D eigenvalue weighted by molar-refractivity contribution is -0.121. The molecule has 0 radical (unpaired) electrons. The number of thiophene rings is 1. The van der Waals surface area contributed by atoms with Crippen molar-refractivity contribution in [2.24, 2.45) is 0 Å². The minimum atomic E-state index is -0.160. The summed E-state index contributed by atoms with van der Waals surface area (Å²) in [7, 11) is 0. The molecule has 0 spiro atoms. The predicted octanol–water partition coefficient (Wildman–Crippen LogP) is 3.20. The maximum atomic E-state index is 11.9. The Morgan fingerprint density at radius 2 is 2.32 bits per heavy atom. The van der Waals surface area contributed by atoms with E-state index >= 15 is 0 Å². The second-order valence-corrected chi connectivity index (χ2v) is 5.74. The van der Waals surface area contributed by atoms with Crippen molar-refractivity contribution in [3.05, 3.63) is 47.6 Å². The Morgan fingerprint density at radius 3 is 3.05 bits per heavy atom. The molecule has 7 heteroatoms. The van der Waals surface area contributed by atoms with Gasteiger partial charge >= 0.3 is 0 Å². The van der Waals surface area contributed by atoms with Gasteiger partial charge in [-0.1, -0.05) is 11.2 Å². The summed E-state index contributed by atoms with van der Waals surface area (Å²) < 4.78 is 10.4. The van der Waals surface area contributed by atoms with Gasteiger partial charge in [0.05, 0.1) is 17.2 Å². The van der Waals surface area contributed by atoms with Crippen molar-refractivity contribution in [1.82, 2.24) is 15.5 Å². The summed E-state index contributed by atoms with van der Waals surface area (Å²) in [6.45, 7) is 1.87. The van der Waals surface area contributed by atoms with Gasteiger partial charge in [0, 0.05) is 12.8 Å². The van der Waals surface area contributed by atoms with Crippen molar-refractivity contribution in [3.63, 3.8) is 0 Å². The summed E-state index contributed by atoms with van der Waals surface area (Å²) in [5, 5.41) is 8.74. The molecule has 0 aliphatic carbocycles. The van der Waals surface area contributed by atoms with Crippen LogP contribution in [0.1, 0.15) is 31.0 Å². The number of amides is 1. The fourth-order valence-electron chi connectivity index (χ4n) is 2.01. The van der Waals surface area contributed by atoms with E-state index in [1.54, 1.807) is 23.7 Å². The topological polar surface area (TPSA) is 81.2 Å². The Kier molecular flexibility index (Phi) is 4.34. The molecular weight excluding hydrogens is 302 g/mol. The Bertz CT molecular complexity index is 719. The molecule has 3 aromatic rings. The van der Waals surface area contributed by atoms with Crippen molar-refractivity contribution >= 4 is 17.2 Å². The molecule has 3 heterocycles. The Balaban J connectivity index is 1.51. The van der Waals surface area contributed by atoms with Crippen molar-refractivity contribution in [3.8, 4) is 10.7 Å². The summed E-state index contributed by atoms with van der Waals surface area (Å²) in [5.74, 6) is 1.67. The molecule has 3 rings (SSSR count). The van der Waals surface area contributed by atoms with E-state index in [2.05, 4.69) is 15.5 Å². The number of carbonyl (C=O) groups is 1. The van der Waals surface area contributed by atoms with Crippen LogP contribution >= 0.6 is 11.3 Å². The molecule has 22 heavy (non-hydrogen) atoms. The van der Waals surface area contributed by atoms with Gasteiger partial charge in [-0.05, 0) is 30.5 Å². The highest BCUT2D eigenvalue weighted by Gasteiger charge is 2.14. The van der Waals surface area contributed by atoms with Crippen LogP contribution in [0.5, 0.6) is 0 Å². The molecule has 3 aromatic heterocycles. The van der Waals surface area contributed by atoms with Crippen LogP contribution in [0.25, 0.3) is 10.7 Å². The molecule has 0 saturated heterocycles. The summed E-state index contributed by atoms with van der Waals surface area (Å²) >= 11 is 1.55. The zero-order chi connectivity index (χ0) is 15.4. The summed E-state index contributed by atoms with van der Waals surface area (Å²) in [5.41, 5.74) is 0. The van der Waals surface area contributed by atoms with Gasteiger partial charge in [0.1, 0.15) is 5.76 Å². The number of nitrogens with zero attached hydrogens (tertiary/aromatic N) is 2. The fraction of sp³-hybridized carbons (Fsp3) is 0.267. The quantitative estimate of drug-likeness (QED) is 0.755. The van der Waals surface area contributed by atoms with E-state index in [9.17, 15) is 4.79 Å². The van der Waals surface area contributed by atoms with Crippen LogP contribution in [0, 0.1) is 0 Å². The van der Waals surface area contributed by atoms with Gasteiger partial charge in [-0.25, -0.2) is 0 Å². The lowest BCUT2D eigenvalue weighted by Crippen LogP contribution is -2.26. The molecule has 0 bridgehead atoms. The number of aromatic nitrogens is 2. The highest BCUT2D eigenvalue weighted by atomic mass is 32.1. The first-order chi connectivity index (χ1) is 10.7. The number of aryl methyl sites for hydroxylation is 1. The molecule has 0 aliphatic rings. The fourth-order valence-corrected chi connectivity index (χ4v) is 2.65. The highest BCUT2D eigenvalue weighted by Crippen LogP contribution is 2.21. The van der Waals surface area contributed by atoms with E-state index < -0.39 is 0 Å². The molecule has 1 N–H and O–H groups in total. The van der Waals surface area contributed by atoms with Crippen LogP contribution in [-0.2, 0) is 11.2 Å². The smallest absolute Gasteiger partial charge is 0.227 e. The second kappa shape index (κ2) is 6.57. The molecule has 0 fully saturated rings. The van der Waals surface area contributed by atoms with E-state index in [-0.39, 0.29) is 18.4 Å². The van der Waals surface area contributed by atoms with E-state index in [1.807, 2.05) is 30.5 Å². The summed E-state index contributed by atoms with van der Waals surface area (Å²) in [4.78, 5) is 17.2. The summed E-state index contributed by atoms with van der Waals surface area (Å²) in [6, 6.07) is 7.32. The van der Waals surface area contributed by atoms with Crippen molar-refractivity contribution < 1.29 is 13.7 Å². The van der Waals surface area contributed by atoms with Crippen LogP contribution in [-0.4, -0.2) is 16.0 Å². The number of hydrogen-bond donors (Lipinski definition) is 1. The molecule has 0 unspecified atom stereocenters. The van der Waals surface area contributed by atoms with Crippen LogP contribution in [0.4, 0.5) is 0 Å². The normalized spacial score (nSPS) is 12.2. The van der Waals surface area contributed by atoms with Gasteiger partial charge in [0.25, 0.3) is 0 Å². The monoisotopic (exact) mass is 317 g/mol. The first-order valence-electron chi connectivity index (χ1n) is 6.91. The summed E-state index contributed by atoms with van der Waals surface area (Å²) in [6.07, 6.45) is 2.29. The third-order valence-corrected chi connectivity index (χ3v) is 3.99. The minimum absolute atomic E-state index is 0.0835. The molecule has 114 valence electrons. The molecular formula is C15H15N3O3S. The van der Waals surface area contributed by atoms with Crippen molar-refractivity contribution in [2.45, 2.75) is 25.8 Å². The van der Waals surface area contributed by atoms with Gasteiger partial charge in [0.15, 0.2) is 0 Å². The van der Waals surface area contributed by atoms with Gasteiger partial charge in [0.2, 0.25) is 17.6 Å². The molecule has 0 aliphatic heterocycles. The van der Waals surface area contributed by atoms with E-state index in [0.29, 0.717) is 18.1 Å². The van der Waals surface area contributed by atoms with Crippen LogP contribution in [0.15, 0.2) is 44.8 Å². The molecule has 1 atom stereocenters. The molecule has 0 saturated carbocycles. The third kappa shape index (κ3) is 3.43. The van der Waals surface area contributed by atoms with Crippen molar-refractivity contribution in [2.75, 3.05) is 0 Å². The first-order valence-corrected chi connectivity index (χ1v) is 7.79. The molecule has 1 amide bonds. The zero-order valence-electron chi connectivity index (χ0n) is 12.0. The zero-order valence-corrected chi connectivity index (χ0v) is 12.8. The van der Waals surface area contributed by atoms with Crippen LogP contribution in [0.3, 0.4) is 0 Å². The standard InChI is InChI=1S/C15H15N3O3S/c1-10(11-4-2-8-20-11)16-13(19)6-7-14-17-15(18-21-14)12-5-3-9-22-12/h2-5,8-10H,6-7H2,1H3,(H,16,19)/t10-/m1/s1. The van der Waals surface area contributed by atoms with E-state index in [1.165, 1.54) is 0 Å². The molecule has 0 aromatic carbocycles. The number of carbonyl (C=O) groups excluding carboxylic acids is 1. The lowest BCUT2D eigenvalue weighted by atomic mass is 10.2. The average Bonchev–Trinajstić information content (AvgIpc) is 3.25. The van der Waals surface area contributed by atoms with Crippen molar-refractivity contribution in [1.29, 1.82) is 0 Å². The maximum absolute atomic E-state index is 11.9. The van der Waals surface area contributed by atoms with Crippen LogP contribution < -0.4 is 5.32 Å². The first kappa shape index (κ1) is 14.5. The Morgan fingerprint density at radius 1 is 1.41 bits per heavy atom. The third-order valence-electron chi connectivity index (χ3n) is 3.12. The Labute approximate surface area is 131 Å².